The van der Waals surface area contributed by atoms with E-state index in [-0.39, 0.29) is 29.4 Å². The maximum absolute atomic E-state index is 12.1. The van der Waals surface area contributed by atoms with Crippen LogP contribution in [0.3, 0.4) is 0 Å². The van der Waals surface area contributed by atoms with E-state index in [0.717, 1.165) is 59.3 Å². The minimum Gasteiger partial charge on any atom is -0.506 e. The molecule has 1 aromatic heterocycles. The molecule has 4 aliphatic rings. The first-order valence-corrected chi connectivity index (χ1v) is 19.4. The first-order valence-electron chi connectivity index (χ1n) is 19.4. The zero-order valence-electron chi connectivity index (χ0n) is 30.7. The highest BCUT2D eigenvalue weighted by molar-refractivity contribution is 5.87. The molecule has 1 saturated carbocycles. The topological polar surface area (TPSA) is 124 Å². The van der Waals surface area contributed by atoms with Gasteiger partial charge in [0.05, 0.1) is 44.5 Å². The Balaban J connectivity index is 0.894. The first kappa shape index (κ1) is 36.6. The van der Waals surface area contributed by atoms with Crippen molar-refractivity contribution in [2.45, 2.75) is 82.6 Å². The number of aromatic amines is 1. The molecule has 0 amide bonds. The van der Waals surface area contributed by atoms with E-state index in [4.69, 9.17) is 9.47 Å². The summed E-state index contributed by atoms with van der Waals surface area (Å²) in [6.45, 7) is 9.99. The molecular formula is C43H56N3O6+. The summed E-state index contributed by atoms with van der Waals surface area (Å²) in [7, 11) is 0. The number of aromatic nitrogens is 1. The van der Waals surface area contributed by atoms with E-state index in [0.29, 0.717) is 42.1 Å². The number of fused-ring (bicyclic) bond motifs is 4. The molecule has 0 radical (unpaired) electrons. The van der Waals surface area contributed by atoms with Gasteiger partial charge in [0.2, 0.25) is 5.56 Å². The molecule has 9 nitrogen and oxygen atoms in total. The van der Waals surface area contributed by atoms with E-state index in [1.54, 1.807) is 12.1 Å². The second kappa shape index (κ2) is 15.7. The van der Waals surface area contributed by atoms with Gasteiger partial charge in [-0.1, -0.05) is 61.4 Å². The number of aliphatic hydroxyl groups is 2. The lowest BCUT2D eigenvalue weighted by molar-refractivity contribution is -0.946. The second-order valence-electron chi connectivity index (χ2n) is 15.8. The zero-order valence-corrected chi connectivity index (χ0v) is 30.7. The van der Waals surface area contributed by atoms with Crippen LogP contribution in [0, 0.1) is 18.8 Å². The number of aromatic hydroxyl groups is 1. The van der Waals surface area contributed by atoms with Gasteiger partial charge >= 0.3 is 0 Å². The van der Waals surface area contributed by atoms with Crippen molar-refractivity contribution in [3.05, 3.63) is 105 Å². The summed E-state index contributed by atoms with van der Waals surface area (Å²) >= 11 is 0. The zero-order chi connectivity index (χ0) is 36.3. The molecule has 2 bridgehead atoms. The van der Waals surface area contributed by atoms with E-state index in [9.17, 15) is 20.1 Å². The summed E-state index contributed by atoms with van der Waals surface area (Å²) < 4.78 is 14.1. The smallest absolute Gasteiger partial charge is 0.248 e. The van der Waals surface area contributed by atoms with Gasteiger partial charge in [0.25, 0.3) is 0 Å². The normalized spacial score (nSPS) is 24.2. The van der Waals surface area contributed by atoms with Gasteiger partial charge in [0.1, 0.15) is 29.7 Å². The molecular weight excluding hydrogens is 654 g/mol. The molecule has 4 heterocycles. The van der Waals surface area contributed by atoms with Gasteiger partial charge in [-0.25, -0.2) is 0 Å². The van der Waals surface area contributed by atoms with Gasteiger partial charge in [-0.15, -0.1) is 0 Å². The molecule has 3 aromatic carbocycles. The van der Waals surface area contributed by atoms with Crippen molar-refractivity contribution in [1.29, 1.82) is 0 Å². The summed E-state index contributed by atoms with van der Waals surface area (Å²) in [5, 5.41) is 37.3. The molecule has 4 aromatic rings. The third-order valence-electron chi connectivity index (χ3n) is 12.5. The van der Waals surface area contributed by atoms with Gasteiger partial charge in [-0.05, 0) is 73.1 Å². The molecule has 5 N–H and O–H groups in total. The van der Waals surface area contributed by atoms with Crippen molar-refractivity contribution in [2.24, 2.45) is 11.8 Å². The number of aryl methyl sites for hydroxylation is 1. The van der Waals surface area contributed by atoms with Gasteiger partial charge in [0.15, 0.2) is 0 Å². The second-order valence-corrected chi connectivity index (χ2v) is 15.8. The minimum absolute atomic E-state index is 0.0135. The summed E-state index contributed by atoms with van der Waals surface area (Å²) in [6.07, 6.45) is 7.23. The van der Waals surface area contributed by atoms with Crippen LogP contribution in [-0.2, 0) is 10.3 Å². The number of phenolic OH excluding ortho intramolecular Hbond substituents is 1. The Kier molecular flexibility index (Phi) is 11.1. The molecule has 1 unspecified atom stereocenters. The van der Waals surface area contributed by atoms with Gasteiger partial charge in [-0.3, -0.25) is 4.79 Å². The number of ether oxygens (including phenoxy) is 2. The lowest BCUT2D eigenvalue weighted by Gasteiger charge is -2.53. The van der Waals surface area contributed by atoms with Gasteiger partial charge < -0.3 is 39.6 Å². The quantitative estimate of drug-likeness (QED) is 0.0715. The predicted octanol–water partition coefficient (Wildman–Crippen LogP) is 6.40. The number of phenols is 1. The highest BCUT2D eigenvalue weighted by Crippen LogP contribution is 2.43. The van der Waals surface area contributed by atoms with Crippen molar-refractivity contribution < 1.29 is 29.3 Å². The van der Waals surface area contributed by atoms with Crippen LogP contribution < -0.4 is 15.6 Å². The number of H-pyrrole nitrogens is 1. The van der Waals surface area contributed by atoms with E-state index in [1.165, 1.54) is 50.9 Å². The Bertz CT molecular complexity index is 1870. The van der Waals surface area contributed by atoms with Crippen LogP contribution in [0.5, 0.6) is 11.5 Å². The number of benzene rings is 3. The molecule has 8 rings (SSSR count). The molecule has 52 heavy (non-hydrogen) atoms. The Morgan fingerprint density at radius 1 is 1.00 bits per heavy atom. The standard InChI is InChI=1S/C43H55N3O6/c1-29-25-32(30(2)44-26-38(48)35-14-16-37(47)42-36(35)15-18-41(49)45-42)13-17-39(29)51-24-8-21-46-22-19-31(20-23-46)40(27-46)52-28-43(50,34-11-6-7-12-34)33-9-4-3-5-10-33/h3-5,9-10,13-18,25,30-31,34,38,40,44,48,50H,6-8,11-12,19-24,26-28H2,1-2H3,(H-,45,47,49)/p+1/t30-,31?,38+,40+,43?,46?/m1/s1. The van der Waals surface area contributed by atoms with E-state index >= 15 is 0 Å². The fraction of sp³-hybridized carbons (Fsp3) is 0.512. The highest BCUT2D eigenvalue weighted by atomic mass is 16.5. The molecule has 278 valence electrons. The van der Waals surface area contributed by atoms with Crippen LogP contribution in [0.4, 0.5) is 0 Å². The maximum Gasteiger partial charge on any atom is 0.248 e. The summed E-state index contributed by atoms with van der Waals surface area (Å²) in [4.78, 5) is 14.4. The minimum atomic E-state index is -0.919. The molecule has 1 aliphatic carbocycles. The van der Waals surface area contributed by atoms with Crippen molar-refractivity contribution in [1.82, 2.24) is 10.3 Å². The number of aliphatic hydroxyl groups excluding tert-OH is 1. The Labute approximate surface area is 307 Å². The van der Waals surface area contributed by atoms with Crippen LogP contribution in [0.25, 0.3) is 10.9 Å². The van der Waals surface area contributed by atoms with Crippen LogP contribution in [0.1, 0.15) is 86.3 Å². The highest BCUT2D eigenvalue weighted by Gasteiger charge is 2.48. The summed E-state index contributed by atoms with van der Waals surface area (Å²) in [5.41, 5.74) is 2.92. The number of hydrogen-bond donors (Lipinski definition) is 5. The molecule has 4 fully saturated rings. The summed E-state index contributed by atoms with van der Waals surface area (Å²) in [6, 6.07) is 22.7. The lowest BCUT2D eigenvalue weighted by atomic mass is 9.80. The molecule has 0 spiro atoms. The van der Waals surface area contributed by atoms with E-state index in [1.807, 2.05) is 24.3 Å². The largest absolute Gasteiger partial charge is 0.506 e. The van der Waals surface area contributed by atoms with E-state index in [2.05, 4.69) is 48.4 Å². The van der Waals surface area contributed by atoms with Crippen molar-refractivity contribution in [2.75, 3.05) is 45.9 Å². The number of piperidine rings is 3. The summed E-state index contributed by atoms with van der Waals surface area (Å²) in [5.74, 6) is 1.71. The van der Waals surface area contributed by atoms with Gasteiger partial charge in [-0.2, -0.15) is 0 Å². The Morgan fingerprint density at radius 3 is 2.52 bits per heavy atom. The van der Waals surface area contributed by atoms with E-state index < -0.39 is 11.7 Å². The van der Waals surface area contributed by atoms with Crippen LogP contribution in [-0.4, -0.2) is 76.8 Å². The SMILES string of the molecule is Cc1cc([C@@H](C)NC[C@H](O)c2ccc(O)c3[nH]c(=O)ccc23)ccc1OCCC[N+]12CCC(CC1)[C@@H](OCC(O)(c1ccccc1)C1CCCC1)C2. The monoisotopic (exact) mass is 710 g/mol. The fourth-order valence-electron chi connectivity index (χ4n) is 9.28. The Hall–Kier alpha value is -3.73. The first-order chi connectivity index (χ1) is 25.1. The molecule has 4 atom stereocenters. The Morgan fingerprint density at radius 2 is 1.77 bits per heavy atom. The average Bonchev–Trinajstić information content (AvgIpc) is 3.72. The van der Waals surface area contributed by atoms with Crippen molar-refractivity contribution in [3.8, 4) is 11.5 Å². The maximum atomic E-state index is 12.1. The number of nitrogens with one attached hydrogen (secondary N) is 2. The molecule has 3 aliphatic heterocycles. The van der Waals surface area contributed by atoms with Crippen molar-refractivity contribution in [3.63, 3.8) is 0 Å². The molecule has 3 saturated heterocycles. The number of quaternary nitrogens is 1. The average molecular weight is 711 g/mol. The predicted molar refractivity (Wildman–Crippen MR) is 203 cm³/mol. The van der Waals surface area contributed by atoms with Crippen LogP contribution >= 0.6 is 0 Å². The third kappa shape index (κ3) is 7.80. The number of hydrogen-bond acceptors (Lipinski definition) is 7. The lowest BCUT2D eigenvalue weighted by Crippen LogP contribution is -2.65. The van der Waals surface area contributed by atoms with Crippen LogP contribution in [0.15, 0.2) is 77.6 Å². The number of rotatable bonds is 15. The van der Waals surface area contributed by atoms with Gasteiger partial charge in [0, 0.05) is 49.2 Å². The number of nitrogens with zero attached hydrogens (tertiary/aromatic N) is 1. The van der Waals surface area contributed by atoms with Crippen molar-refractivity contribution >= 4 is 10.9 Å². The molecule has 9 heteroatoms. The third-order valence-corrected chi connectivity index (χ3v) is 12.5. The van der Waals surface area contributed by atoms with Crippen LogP contribution in [0.2, 0.25) is 0 Å². The fourth-order valence-corrected chi connectivity index (χ4v) is 9.28. The number of pyridine rings is 1.